The quantitative estimate of drug-likeness (QED) is 0.575. The molecule has 0 aromatic heterocycles. The van der Waals surface area contributed by atoms with Gasteiger partial charge in [-0.1, -0.05) is 0 Å². The molecule has 0 atom stereocenters. The third-order valence-corrected chi connectivity index (χ3v) is 4.01. The highest BCUT2D eigenvalue weighted by Crippen LogP contribution is 2.29. The summed E-state index contributed by atoms with van der Waals surface area (Å²) in [6.07, 6.45) is 0. The zero-order chi connectivity index (χ0) is 14.8. The minimum atomic E-state index is -4.17. The topological polar surface area (TPSA) is 138 Å². The minimum absolute atomic E-state index is 0.472. The van der Waals surface area contributed by atoms with Gasteiger partial charge in [0.2, 0.25) is 10.0 Å². The average molecular weight is 290 g/mol. The van der Waals surface area contributed by atoms with Crippen molar-refractivity contribution < 1.29 is 28.3 Å². The second kappa shape index (κ2) is 5.20. The fraction of sp³-hybridized carbons (Fsp3) is 0.222. The Hall–Kier alpha value is -2.20. The molecule has 9 nitrogen and oxygen atoms in total. The van der Waals surface area contributed by atoms with Crippen molar-refractivity contribution in [3.63, 3.8) is 0 Å². The standard InChI is InChI=1S/C9H10N2O7S/c1-10(5-9(13)14)19(17,18)6-2-3-8(12)7(4-6)11(15)16/h2-4,12H,5H2,1H3,(H,13,14). The van der Waals surface area contributed by atoms with Gasteiger partial charge in [-0.2, -0.15) is 4.31 Å². The Balaban J connectivity index is 3.26. The smallest absolute Gasteiger partial charge is 0.318 e. The first-order valence-corrected chi connectivity index (χ1v) is 6.26. The summed E-state index contributed by atoms with van der Waals surface area (Å²) in [4.78, 5) is 19.6. The number of hydrogen-bond acceptors (Lipinski definition) is 6. The summed E-state index contributed by atoms with van der Waals surface area (Å²) in [5, 5.41) is 28.3. The van der Waals surface area contributed by atoms with Crippen LogP contribution in [-0.4, -0.2) is 47.4 Å². The van der Waals surface area contributed by atoms with E-state index < -0.39 is 43.8 Å². The highest BCUT2D eigenvalue weighted by Gasteiger charge is 2.26. The van der Waals surface area contributed by atoms with Crippen molar-refractivity contribution >= 4 is 21.7 Å². The van der Waals surface area contributed by atoms with Crippen molar-refractivity contribution in [1.29, 1.82) is 0 Å². The van der Waals surface area contributed by atoms with Gasteiger partial charge in [-0.15, -0.1) is 0 Å². The van der Waals surface area contributed by atoms with Crippen LogP contribution in [0.5, 0.6) is 5.75 Å². The van der Waals surface area contributed by atoms with Crippen LogP contribution in [0.4, 0.5) is 5.69 Å². The molecule has 0 radical (unpaired) electrons. The zero-order valence-corrected chi connectivity index (χ0v) is 10.5. The average Bonchev–Trinajstić information content (AvgIpc) is 2.27. The summed E-state index contributed by atoms with van der Waals surface area (Å²) >= 11 is 0. The predicted octanol–water partition coefficient (Wildman–Crippen LogP) is 0.00550. The molecule has 0 spiro atoms. The molecule has 0 saturated heterocycles. The largest absolute Gasteiger partial charge is 0.502 e. The van der Waals surface area contributed by atoms with E-state index in [9.17, 15) is 28.4 Å². The SMILES string of the molecule is CN(CC(=O)O)S(=O)(=O)c1ccc(O)c([N+](=O)[O-])c1. The van der Waals surface area contributed by atoms with Crippen LogP contribution in [0.2, 0.25) is 0 Å². The molecular formula is C9H10N2O7S. The van der Waals surface area contributed by atoms with E-state index in [0.29, 0.717) is 10.4 Å². The number of likely N-dealkylation sites (N-methyl/N-ethyl adjacent to an activating group) is 1. The number of phenols is 1. The molecule has 0 heterocycles. The summed E-state index contributed by atoms with van der Waals surface area (Å²) in [5.41, 5.74) is -0.773. The third kappa shape index (κ3) is 3.17. The molecule has 1 aromatic rings. The van der Waals surface area contributed by atoms with E-state index in [4.69, 9.17) is 5.11 Å². The van der Waals surface area contributed by atoms with Crippen molar-refractivity contribution in [1.82, 2.24) is 4.31 Å². The summed E-state index contributed by atoms with van der Waals surface area (Å²) < 4.78 is 24.4. The van der Waals surface area contributed by atoms with Crippen LogP contribution in [0, 0.1) is 10.1 Å². The minimum Gasteiger partial charge on any atom is -0.502 e. The molecule has 1 rings (SSSR count). The first kappa shape index (κ1) is 14.9. The zero-order valence-electron chi connectivity index (χ0n) is 9.68. The highest BCUT2D eigenvalue weighted by atomic mass is 32.2. The van der Waals surface area contributed by atoms with Crippen molar-refractivity contribution in [2.45, 2.75) is 4.90 Å². The summed E-state index contributed by atoms with van der Waals surface area (Å²) in [6, 6.07) is 2.48. The lowest BCUT2D eigenvalue weighted by molar-refractivity contribution is -0.386. The fourth-order valence-corrected chi connectivity index (χ4v) is 2.41. The van der Waals surface area contributed by atoms with E-state index in [1.54, 1.807) is 0 Å². The van der Waals surface area contributed by atoms with E-state index in [0.717, 1.165) is 19.2 Å². The molecule has 10 heteroatoms. The van der Waals surface area contributed by atoms with E-state index in [2.05, 4.69) is 0 Å². The lowest BCUT2D eigenvalue weighted by Crippen LogP contribution is -2.32. The third-order valence-electron chi connectivity index (χ3n) is 2.21. The number of carboxylic acids is 1. The first-order chi connectivity index (χ1) is 8.66. The molecule has 0 unspecified atom stereocenters. The predicted molar refractivity (Wildman–Crippen MR) is 62.2 cm³/mol. The van der Waals surface area contributed by atoms with Gasteiger partial charge in [-0.25, -0.2) is 8.42 Å². The van der Waals surface area contributed by atoms with Crippen LogP contribution in [0.15, 0.2) is 23.1 Å². The Kier molecular flexibility index (Phi) is 4.07. The number of aliphatic carboxylic acids is 1. The maximum atomic E-state index is 11.9. The van der Waals surface area contributed by atoms with E-state index >= 15 is 0 Å². The van der Waals surface area contributed by atoms with Crippen molar-refractivity contribution in [2.24, 2.45) is 0 Å². The number of aromatic hydroxyl groups is 1. The van der Waals surface area contributed by atoms with E-state index in [1.807, 2.05) is 0 Å². The van der Waals surface area contributed by atoms with E-state index in [-0.39, 0.29) is 0 Å². The Morgan fingerprint density at radius 1 is 1.47 bits per heavy atom. The number of benzene rings is 1. The molecule has 0 fully saturated rings. The molecule has 0 amide bonds. The fourth-order valence-electron chi connectivity index (χ4n) is 1.27. The van der Waals surface area contributed by atoms with Crippen LogP contribution < -0.4 is 0 Å². The second-order valence-corrected chi connectivity index (χ2v) is 5.61. The van der Waals surface area contributed by atoms with Gasteiger partial charge in [0, 0.05) is 13.1 Å². The van der Waals surface area contributed by atoms with E-state index in [1.165, 1.54) is 0 Å². The number of nitro groups is 1. The summed E-state index contributed by atoms with van der Waals surface area (Å²) in [7, 11) is -3.14. The Morgan fingerprint density at radius 2 is 2.05 bits per heavy atom. The van der Waals surface area contributed by atoms with Gasteiger partial charge >= 0.3 is 11.7 Å². The number of nitrogens with zero attached hydrogens (tertiary/aromatic N) is 2. The van der Waals surface area contributed by atoms with Gasteiger partial charge in [0.1, 0.15) is 6.54 Å². The molecule has 104 valence electrons. The lowest BCUT2D eigenvalue weighted by atomic mass is 10.3. The van der Waals surface area contributed by atoms with Gasteiger partial charge in [-0.05, 0) is 12.1 Å². The van der Waals surface area contributed by atoms with Gasteiger partial charge in [0.25, 0.3) is 0 Å². The molecule has 19 heavy (non-hydrogen) atoms. The van der Waals surface area contributed by atoms with Crippen molar-refractivity contribution in [3.8, 4) is 5.75 Å². The van der Waals surface area contributed by atoms with Crippen LogP contribution in [0.25, 0.3) is 0 Å². The van der Waals surface area contributed by atoms with Gasteiger partial charge in [0.05, 0.1) is 9.82 Å². The number of hydrogen-bond donors (Lipinski definition) is 2. The number of sulfonamides is 1. The molecule has 2 N–H and O–H groups in total. The summed E-state index contributed by atoms with van der Waals surface area (Å²) in [5.74, 6) is -2.04. The second-order valence-electron chi connectivity index (χ2n) is 3.56. The maximum absolute atomic E-state index is 11.9. The van der Waals surface area contributed by atoms with Crippen LogP contribution >= 0.6 is 0 Å². The van der Waals surface area contributed by atoms with Gasteiger partial charge < -0.3 is 10.2 Å². The summed E-state index contributed by atoms with van der Waals surface area (Å²) in [6.45, 7) is -0.781. The lowest BCUT2D eigenvalue weighted by Gasteiger charge is -2.14. The molecule has 0 bridgehead atoms. The van der Waals surface area contributed by atoms with Gasteiger partial charge in [0.15, 0.2) is 5.75 Å². The number of carbonyl (C=O) groups is 1. The van der Waals surface area contributed by atoms with Crippen LogP contribution in [-0.2, 0) is 14.8 Å². The van der Waals surface area contributed by atoms with Crippen LogP contribution in [0.3, 0.4) is 0 Å². The Morgan fingerprint density at radius 3 is 2.53 bits per heavy atom. The molecule has 1 aromatic carbocycles. The number of nitro benzene ring substituents is 1. The molecule has 0 aliphatic carbocycles. The number of rotatable bonds is 5. The number of carboxylic acid groups (broad SMARTS) is 1. The van der Waals surface area contributed by atoms with Crippen molar-refractivity contribution in [2.75, 3.05) is 13.6 Å². The highest BCUT2D eigenvalue weighted by molar-refractivity contribution is 7.89. The molecule has 0 aliphatic rings. The monoisotopic (exact) mass is 290 g/mol. The van der Waals surface area contributed by atoms with Crippen LogP contribution in [0.1, 0.15) is 0 Å². The molecule has 0 saturated carbocycles. The first-order valence-electron chi connectivity index (χ1n) is 4.82. The van der Waals surface area contributed by atoms with Crippen molar-refractivity contribution in [3.05, 3.63) is 28.3 Å². The normalized spacial score (nSPS) is 11.5. The molecular weight excluding hydrogens is 280 g/mol. The maximum Gasteiger partial charge on any atom is 0.318 e. The number of phenolic OH excluding ortho intramolecular Hbond substituents is 1. The Bertz CT molecular complexity index is 625. The van der Waals surface area contributed by atoms with Gasteiger partial charge in [-0.3, -0.25) is 14.9 Å². The molecule has 0 aliphatic heterocycles. The Labute approximate surface area is 107 Å².